The van der Waals surface area contributed by atoms with Gasteiger partial charge in [-0.1, -0.05) is 23.8 Å². The number of carbonyl (C=O) groups excluding carboxylic acids is 3. The number of carboxylic acid groups (broad SMARTS) is 1. The van der Waals surface area contributed by atoms with E-state index in [9.17, 15) is 19.2 Å². The first kappa shape index (κ1) is 19.6. The van der Waals surface area contributed by atoms with Gasteiger partial charge in [0.25, 0.3) is 5.91 Å². The van der Waals surface area contributed by atoms with Gasteiger partial charge in [0.2, 0.25) is 11.8 Å². The molecule has 0 bridgehead atoms. The molecule has 1 heterocycles. The molecular formula is C23H20N2O5. The van der Waals surface area contributed by atoms with E-state index in [4.69, 9.17) is 5.11 Å². The zero-order valence-corrected chi connectivity index (χ0v) is 16.3. The minimum atomic E-state index is -1.06. The molecule has 0 saturated carbocycles. The van der Waals surface area contributed by atoms with E-state index in [0.717, 1.165) is 10.5 Å². The minimum absolute atomic E-state index is 0.105. The van der Waals surface area contributed by atoms with Crippen molar-refractivity contribution in [1.29, 1.82) is 0 Å². The van der Waals surface area contributed by atoms with E-state index in [1.807, 2.05) is 13.0 Å². The quantitative estimate of drug-likeness (QED) is 0.600. The number of anilines is 2. The normalized spacial score (nSPS) is 20.6. The summed E-state index contributed by atoms with van der Waals surface area (Å²) in [5, 5.41) is 11.7. The summed E-state index contributed by atoms with van der Waals surface area (Å²) in [5.74, 6) is -2.87. The van der Waals surface area contributed by atoms with E-state index >= 15 is 0 Å². The van der Waals surface area contributed by atoms with Crippen LogP contribution in [-0.4, -0.2) is 28.8 Å². The van der Waals surface area contributed by atoms with Crippen LogP contribution in [0, 0.1) is 11.8 Å². The van der Waals surface area contributed by atoms with Gasteiger partial charge in [-0.15, -0.1) is 0 Å². The van der Waals surface area contributed by atoms with Crippen LogP contribution in [-0.2, 0) is 9.59 Å². The minimum Gasteiger partial charge on any atom is -0.478 e. The van der Waals surface area contributed by atoms with E-state index < -0.39 is 11.9 Å². The highest BCUT2D eigenvalue weighted by atomic mass is 16.4. The van der Waals surface area contributed by atoms with Crippen LogP contribution in [0.5, 0.6) is 0 Å². The molecule has 1 aliphatic carbocycles. The second-order valence-electron chi connectivity index (χ2n) is 7.57. The lowest BCUT2D eigenvalue weighted by molar-refractivity contribution is -0.122. The number of nitrogens with one attached hydrogen (secondary N) is 1. The first-order chi connectivity index (χ1) is 14.4. The number of benzene rings is 2. The maximum absolute atomic E-state index is 13.0. The lowest BCUT2D eigenvalue weighted by Crippen LogP contribution is -2.33. The van der Waals surface area contributed by atoms with Gasteiger partial charge in [-0.25, -0.2) is 9.69 Å². The second kappa shape index (κ2) is 7.59. The Kier molecular flexibility index (Phi) is 4.95. The second-order valence-corrected chi connectivity index (χ2v) is 7.57. The average molecular weight is 404 g/mol. The van der Waals surface area contributed by atoms with Crippen LogP contribution in [0.4, 0.5) is 11.4 Å². The third-order valence-corrected chi connectivity index (χ3v) is 5.60. The zero-order valence-electron chi connectivity index (χ0n) is 16.3. The van der Waals surface area contributed by atoms with Crippen molar-refractivity contribution < 1.29 is 24.3 Å². The Balaban J connectivity index is 1.61. The number of hydrogen-bond donors (Lipinski definition) is 2. The summed E-state index contributed by atoms with van der Waals surface area (Å²) in [6.45, 7) is 1.95. The maximum Gasteiger partial charge on any atom is 0.335 e. The predicted molar refractivity (Wildman–Crippen MR) is 110 cm³/mol. The molecule has 4 rings (SSSR count). The van der Waals surface area contributed by atoms with Crippen LogP contribution in [0.15, 0.2) is 60.2 Å². The number of amides is 3. The molecule has 1 fully saturated rings. The number of carboxylic acids is 1. The van der Waals surface area contributed by atoms with Gasteiger partial charge in [0.1, 0.15) is 0 Å². The maximum atomic E-state index is 13.0. The number of rotatable bonds is 4. The van der Waals surface area contributed by atoms with E-state index in [2.05, 4.69) is 5.32 Å². The van der Waals surface area contributed by atoms with Crippen LogP contribution in [0.1, 0.15) is 40.5 Å². The van der Waals surface area contributed by atoms with Gasteiger partial charge < -0.3 is 10.4 Å². The van der Waals surface area contributed by atoms with Crippen molar-refractivity contribution in [2.75, 3.05) is 10.2 Å². The number of nitrogens with zero attached hydrogens (tertiary/aromatic N) is 1. The highest BCUT2D eigenvalue weighted by Crippen LogP contribution is 2.40. The molecular weight excluding hydrogens is 384 g/mol. The molecule has 0 aromatic heterocycles. The largest absolute Gasteiger partial charge is 0.478 e. The summed E-state index contributed by atoms with van der Waals surface area (Å²) in [6.07, 6.45) is 3.08. The van der Waals surface area contributed by atoms with Crippen molar-refractivity contribution in [3.8, 4) is 0 Å². The van der Waals surface area contributed by atoms with Crippen LogP contribution >= 0.6 is 0 Å². The van der Waals surface area contributed by atoms with Crippen molar-refractivity contribution in [3.05, 3.63) is 71.3 Å². The Bertz CT molecular complexity index is 1090. The number of para-hydroxylation sites is 1. The highest BCUT2D eigenvalue weighted by molar-refractivity contribution is 6.25. The molecule has 2 atom stereocenters. The molecule has 7 heteroatoms. The molecule has 7 nitrogen and oxygen atoms in total. The highest BCUT2D eigenvalue weighted by Gasteiger charge is 2.49. The van der Waals surface area contributed by atoms with Gasteiger partial charge in [-0.2, -0.15) is 0 Å². The molecule has 0 radical (unpaired) electrons. The molecule has 1 aliphatic heterocycles. The molecule has 0 spiro atoms. The Morgan fingerprint density at radius 2 is 1.67 bits per heavy atom. The van der Waals surface area contributed by atoms with Crippen molar-refractivity contribution >= 4 is 35.1 Å². The number of carbonyl (C=O) groups is 4. The molecule has 2 aliphatic rings. The smallest absolute Gasteiger partial charge is 0.335 e. The Hall–Kier alpha value is -3.74. The van der Waals surface area contributed by atoms with E-state index in [1.54, 1.807) is 24.3 Å². The van der Waals surface area contributed by atoms with E-state index in [-0.39, 0.29) is 40.5 Å². The average Bonchev–Trinajstić information content (AvgIpc) is 2.98. The van der Waals surface area contributed by atoms with Crippen LogP contribution in [0.25, 0.3) is 0 Å². The van der Waals surface area contributed by atoms with E-state index in [0.29, 0.717) is 18.5 Å². The number of allylic oxidation sites excluding steroid dienone is 2. The van der Waals surface area contributed by atoms with Crippen LogP contribution < -0.4 is 10.2 Å². The van der Waals surface area contributed by atoms with Crippen molar-refractivity contribution in [2.45, 2.75) is 19.8 Å². The Labute approximate surface area is 173 Å². The first-order valence-corrected chi connectivity index (χ1v) is 9.64. The van der Waals surface area contributed by atoms with Gasteiger partial charge in [-0.05, 0) is 56.2 Å². The summed E-state index contributed by atoms with van der Waals surface area (Å²) in [4.78, 5) is 51.0. The number of fused-ring (bicyclic) bond motifs is 1. The van der Waals surface area contributed by atoms with Gasteiger partial charge >= 0.3 is 5.97 Å². The molecule has 1 saturated heterocycles. The molecule has 152 valence electrons. The first-order valence-electron chi connectivity index (χ1n) is 9.64. The topological polar surface area (TPSA) is 104 Å². The van der Waals surface area contributed by atoms with Crippen LogP contribution in [0.2, 0.25) is 0 Å². The van der Waals surface area contributed by atoms with Gasteiger partial charge in [0.05, 0.1) is 28.7 Å². The summed E-state index contributed by atoms with van der Waals surface area (Å²) in [7, 11) is 0. The fourth-order valence-corrected chi connectivity index (χ4v) is 4.03. The molecule has 2 aromatic rings. The molecule has 0 unspecified atom stereocenters. The van der Waals surface area contributed by atoms with Gasteiger partial charge in [0.15, 0.2) is 0 Å². The molecule has 2 aromatic carbocycles. The Morgan fingerprint density at radius 3 is 2.37 bits per heavy atom. The van der Waals surface area contributed by atoms with Crippen LogP contribution in [0.3, 0.4) is 0 Å². The summed E-state index contributed by atoms with van der Waals surface area (Å²) in [6, 6.07) is 12.2. The SMILES string of the molecule is CC1=CC[C@H]2C(=O)N(c3ccccc3C(=O)Nc3ccc(C(=O)O)cc3)C(=O)[C@H]2C1. The summed E-state index contributed by atoms with van der Waals surface area (Å²) < 4.78 is 0. The Morgan fingerprint density at radius 1 is 1.00 bits per heavy atom. The monoisotopic (exact) mass is 404 g/mol. The number of imide groups is 1. The molecule has 2 N–H and O–H groups in total. The van der Waals surface area contributed by atoms with Crippen molar-refractivity contribution in [2.24, 2.45) is 11.8 Å². The number of aromatic carboxylic acids is 1. The summed E-state index contributed by atoms with van der Waals surface area (Å²) >= 11 is 0. The van der Waals surface area contributed by atoms with Gasteiger partial charge in [0, 0.05) is 5.69 Å². The lowest BCUT2D eigenvalue weighted by atomic mass is 9.82. The lowest BCUT2D eigenvalue weighted by Gasteiger charge is -2.19. The predicted octanol–water partition coefficient (Wildman–Crippen LogP) is 3.48. The van der Waals surface area contributed by atoms with Crippen molar-refractivity contribution in [3.63, 3.8) is 0 Å². The summed E-state index contributed by atoms with van der Waals surface area (Å²) in [5.41, 5.74) is 2.07. The third-order valence-electron chi connectivity index (χ3n) is 5.60. The van der Waals surface area contributed by atoms with Crippen molar-refractivity contribution in [1.82, 2.24) is 0 Å². The van der Waals surface area contributed by atoms with Gasteiger partial charge in [-0.3, -0.25) is 14.4 Å². The molecule has 3 amide bonds. The fourth-order valence-electron chi connectivity index (χ4n) is 4.03. The standard InChI is InChI=1S/C23H20N2O5/c1-13-6-11-16-18(12-13)22(28)25(21(16)27)19-5-3-2-4-17(19)20(26)24-15-9-7-14(8-10-15)23(29)30/h2-10,16,18H,11-12H2,1H3,(H,24,26)(H,29,30)/t16-,18+/m1/s1. The third kappa shape index (κ3) is 3.39. The van der Waals surface area contributed by atoms with E-state index in [1.165, 1.54) is 24.3 Å². The number of hydrogen-bond acceptors (Lipinski definition) is 4. The zero-order chi connectivity index (χ0) is 21.4. The fraction of sp³-hybridized carbons (Fsp3) is 0.217. The molecule has 30 heavy (non-hydrogen) atoms.